The summed E-state index contributed by atoms with van der Waals surface area (Å²) in [6.45, 7) is 3.44. The molecule has 1 nitrogen and oxygen atoms in total. The Morgan fingerprint density at radius 2 is 2.00 bits per heavy atom. The molecule has 8 heavy (non-hydrogen) atoms. The van der Waals surface area contributed by atoms with Crippen LogP contribution in [0.2, 0.25) is 0 Å². The number of rotatable bonds is 3. The standard InChI is InChI=1S/C6H12BrO/c1-6(2,8)4-3-5-7/h3-5H2,1-2H3. The van der Waals surface area contributed by atoms with E-state index in [9.17, 15) is 5.11 Å². The van der Waals surface area contributed by atoms with Crippen LogP contribution in [0, 0.1) is 0 Å². The number of hydrogen-bond acceptors (Lipinski definition) is 0. The van der Waals surface area contributed by atoms with Crippen molar-refractivity contribution in [2.24, 2.45) is 0 Å². The lowest BCUT2D eigenvalue weighted by atomic mass is 10.0. The zero-order chi connectivity index (χ0) is 6.62. The van der Waals surface area contributed by atoms with Gasteiger partial charge in [-0.3, -0.25) is 0 Å². The lowest BCUT2D eigenvalue weighted by Gasteiger charge is -2.11. The van der Waals surface area contributed by atoms with Crippen LogP contribution in [0.25, 0.3) is 0 Å². The highest BCUT2D eigenvalue weighted by Gasteiger charge is 2.12. The molecule has 0 heterocycles. The number of halogens is 1. The second-order valence-corrected chi connectivity index (χ2v) is 3.35. The Morgan fingerprint density at radius 3 is 2.12 bits per heavy atom. The van der Waals surface area contributed by atoms with Crippen molar-refractivity contribution < 1.29 is 5.11 Å². The fourth-order valence-corrected chi connectivity index (χ4v) is 0.773. The molecule has 0 aromatic rings. The Kier molecular flexibility index (Phi) is 3.65. The first kappa shape index (κ1) is 8.44. The van der Waals surface area contributed by atoms with E-state index in [0.717, 1.165) is 18.2 Å². The maximum atomic E-state index is 10.8. The van der Waals surface area contributed by atoms with Gasteiger partial charge in [0.1, 0.15) is 0 Å². The highest BCUT2D eigenvalue weighted by Crippen LogP contribution is 2.11. The molecule has 0 spiro atoms. The topological polar surface area (TPSA) is 19.9 Å². The van der Waals surface area contributed by atoms with Gasteiger partial charge in [0.15, 0.2) is 0 Å². The van der Waals surface area contributed by atoms with Crippen molar-refractivity contribution >= 4 is 15.9 Å². The van der Waals surface area contributed by atoms with E-state index in [-0.39, 0.29) is 0 Å². The van der Waals surface area contributed by atoms with E-state index < -0.39 is 5.60 Å². The molecule has 1 radical (unpaired) electrons. The molecule has 0 aromatic heterocycles. The van der Waals surface area contributed by atoms with Gasteiger partial charge in [0.25, 0.3) is 0 Å². The van der Waals surface area contributed by atoms with Crippen LogP contribution >= 0.6 is 15.9 Å². The second-order valence-electron chi connectivity index (χ2n) is 2.55. The van der Waals surface area contributed by atoms with E-state index in [1.54, 1.807) is 13.8 Å². The van der Waals surface area contributed by atoms with E-state index in [1.807, 2.05) is 0 Å². The highest BCUT2D eigenvalue weighted by atomic mass is 79.9. The van der Waals surface area contributed by atoms with Gasteiger partial charge in [0, 0.05) is 5.33 Å². The van der Waals surface area contributed by atoms with Crippen molar-refractivity contribution in [3.05, 3.63) is 0 Å². The van der Waals surface area contributed by atoms with Crippen LogP contribution in [0.4, 0.5) is 0 Å². The molecule has 0 amide bonds. The number of hydrogen-bond donors (Lipinski definition) is 0. The number of alkyl halides is 1. The van der Waals surface area contributed by atoms with Gasteiger partial charge in [-0.15, -0.1) is 0 Å². The van der Waals surface area contributed by atoms with Crippen LogP contribution in [0.15, 0.2) is 0 Å². The fraction of sp³-hybridized carbons (Fsp3) is 1.00. The third kappa shape index (κ3) is 6.44. The zero-order valence-electron chi connectivity index (χ0n) is 5.41. The maximum Gasteiger partial charge on any atom is 0.0980 e. The summed E-state index contributed by atoms with van der Waals surface area (Å²) in [6.07, 6.45) is 1.74. The van der Waals surface area contributed by atoms with Crippen LogP contribution < -0.4 is 0 Å². The predicted octanol–water partition coefficient (Wildman–Crippen LogP) is 2.37. The van der Waals surface area contributed by atoms with Gasteiger partial charge < -0.3 is 0 Å². The monoisotopic (exact) mass is 179 g/mol. The minimum absolute atomic E-state index is 0.728. The van der Waals surface area contributed by atoms with E-state index in [1.165, 1.54) is 0 Å². The zero-order valence-corrected chi connectivity index (χ0v) is 6.99. The molecule has 0 aromatic carbocycles. The summed E-state index contributed by atoms with van der Waals surface area (Å²) in [7, 11) is 0. The van der Waals surface area contributed by atoms with Gasteiger partial charge in [-0.1, -0.05) is 15.9 Å². The second kappa shape index (κ2) is 3.46. The van der Waals surface area contributed by atoms with Gasteiger partial charge >= 0.3 is 0 Å². The first-order valence-electron chi connectivity index (χ1n) is 2.82. The Labute approximate surface area is 59.2 Å². The lowest BCUT2D eigenvalue weighted by Crippen LogP contribution is -2.15. The molecule has 0 fully saturated rings. The molecule has 0 aliphatic heterocycles. The van der Waals surface area contributed by atoms with Gasteiger partial charge in [0.05, 0.1) is 5.60 Å². The van der Waals surface area contributed by atoms with Crippen LogP contribution in [-0.2, 0) is 5.11 Å². The van der Waals surface area contributed by atoms with Crippen molar-refractivity contribution in [2.75, 3.05) is 5.33 Å². The van der Waals surface area contributed by atoms with Crippen molar-refractivity contribution in [1.82, 2.24) is 0 Å². The Bertz CT molecular complexity index is 56.0. The largest absolute Gasteiger partial charge is 0.230 e. The summed E-state index contributed by atoms with van der Waals surface area (Å²) in [4.78, 5) is 0. The fourth-order valence-electron chi connectivity index (χ4n) is 0.493. The molecule has 0 saturated heterocycles. The van der Waals surface area contributed by atoms with Crippen molar-refractivity contribution in [3.8, 4) is 0 Å². The van der Waals surface area contributed by atoms with E-state index in [4.69, 9.17) is 0 Å². The highest BCUT2D eigenvalue weighted by molar-refractivity contribution is 9.09. The van der Waals surface area contributed by atoms with Gasteiger partial charge in [-0.25, -0.2) is 5.11 Å². The molecule has 49 valence electrons. The van der Waals surface area contributed by atoms with Crippen LogP contribution in [0.1, 0.15) is 26.7 Å². The Morgan fingerprint density at radius 1 is 1.50 bits per heavy atom. The van der Waals surface area contributed by atoms with Crippen molar-refractivity contribution in [1.29, 1.82) is 0 Å². The Balaban J connectivity index is 3.11. The lowest BCUT2D eigenvalue weighted by molar-refractivity contribution is -0.00328. The third-order valence-corrected chi connectivity index (χ3v) is 1.47. The normalized spacial score (nSPS) is 12.0. The summed E-state index contributed by atoms with van der Waals surface area (Å²) in [5, 5.41) is 11.8. The summed E-state index contributed by atoms with van der Waals surface area (Å²) in [5.74, 6) is 0. The van der Waals surface area contributed by atoms with E-state index >= 15 is 0 Å². The minimum atomic E-state index is -0.728. The first-order valence-corrected chi connectivity index (χ1v) is 3.95. The summed E-state index contributed by atoms with van der Waals surface area (Å²) in [6, 6.07) is 0. The average Bonchev–Trinajstić information content (AvgIpc) is 1.59. The molecule has 0 aliphatic carbocycles. The molecule has 0 saturated carbocycles. The first-order chi connectivity index (χ1) is 3.56. The molecule has 0 atom stereocenters. The molecule has 0 aliphatic rings. The predicted molar refractivity (Wildman–Crippen MR) is 37.8 cm³/mol. The van der Waals surface area contributed by atoms with Gasteiger partial charge in [-0.2, -0.15) is 0 Å². The maximum absolute atomic E-state index is 10.8. The van der Waals surface area contributed by atoms with Gasteiger partial charge in [0.2, 0.25) is 0 Å². The molecule has 2 heteroatoms. The van der Waals surface area contributed by atoms with E-state index in [0.29, 0.717) is 0 Å². The van der Waals surface area contributed by atoms with Crippen molar-refractivity contribution in [2.45, 2.75) is 32.3 Å². The molecule has 0 rings (SSSR count). The summed E-state index contributed by atoms with van der Waals surface area (Å²) < 4.78 is 0. The van der Waals surface area contributed by atoms with Crippen LogP contribution in [-0.4, -0.2) is 10.9 Å². The van der Waals surface area contributed by atoms with Crippen LogP contribution in [0.3, 0.4) is 0 Å². The average molecular weight is 180 g/mol. The molecular formula is C6H12BrO. The van der Waals surface area contributed by atoms with Gasteiger partial charge in [-0.05, 0) is 26.7 Å². The molecule has 0 bridgehead atoms. The van der Waals surface area contributed by atoms with Crippen LogP contribution in [0.5, 0.6) is 0 Å². The summed E-state index contributed by atoms with van der Waals surface area (Å²) in [5.41, 5.74) is -0.728. The van der Waals surface area contributed by atoms with Crippen molar-refractivity contribution in [3.63, 3.8) is 0 Å². The summed E-state index contributed by atoms with van der Waals surface area (Å²) >= 11 is 3.26. The minimum Gasteiger partial charge on any atom is -0.230 e. The molecular weight excluding hydrogens is 168 g/mol. The third-order valence-electron chi connectivity index (χ3n) is 0.912. The van der Waals surface area contributed by atoms with E-state index in [2.05, 4.69) is 15.9 Å². The molecule has 0 unspecified atom stereocenters. The SMILES string of the molecule is CC(C)([O])CCCBr. The molecule has 0 N–H and O–H groups in total. The Hall–Kier alpha value is 0.440. The quantitative estimate of drug-likeness (QED) is 0.594. The smallest absolute Gasteiger partial charge is 0.0980 e.